The molecular weight excluding hydrogens is 228 g/mol. The van der Waals surface area contributed by atoms with Crippen molar-refractivity contribution < 1.29 is 5.11 Å². The largest absolute Gasteiger partial charge is 0.395 e. The van der Waals surface area contributed by atoms with Gasteiger partial charge in [0.2, 0.25) is 5.95 Å². The summed E-state index contributed by atoms with van der Waals surface area (Å²) in [4.78, 5) is 10.7. The SMILES string of the molecule is CC(C)NCc1cnc(N(CCO)C(C)C)nc1. The van der Waals surface area contributed by atoms with Gasteiger partial charge in [-0.1, -0.05) is 13.8 Å². The summed E-state index contributed by atoms with van der Waals surface area (Å²) in [7, 11) is 0. The summed E-state index contributed by atoms with van der Waals surface area (Å²) in [6.45, 7) is 9.79. The summed E-state index contributed by atoms with van der Waals surface area (Å²) in [5.74, 6) is 0.673. The number of rotatable bonds is 7. The molecule has 0 fully saturated rings. The first kappa shape index (κ1) is 14.9. The van der Waals surface area contributed by atoms with Crippen molar-refractivity contribution >= 4 is 5.95 Å². The van der Waals surface area contributed by atoms with Crippen LogP contribution in [0.15, 0.2) is 12.4 Å². The van der Waals surface area contributed by atoms with Crippen LogP contribution >= 0.6 is 0 Å². The van der Waals surface area contributed by atoms with Gasteiger partial charge in [0.25, 0.3) is 0 Å². The van der Waals surface area contributed by atoms with Crippen molar-refractivity contribution in [2.24, 2.45) is 0 Å². The number of aliphatic hydroxyl groups excluding tert-OH is 1. The molecule has 0 spiro atoms. The van der Waals surface area contributed by atoms with Crippen molar-refractivity contribution in [3.05, 3.63) is 18.0 Å². The molecule has 0 saturated carbocycles. The van der Waals surface area contributed by atoms with Crippen LogP contribution in [0.1, 0.15) is 33.3 Å². The predicted octanol–water partition coefficient (Wildman–Crippen LogP) is 1.18. The lowest BCUT2D eigenvalue weighted by Crippen LogP contribution is -2.34. The molecule has 0 aliphatic carbocycles. The zero-order valence-electron chi connectivity index (χ0n) is 11.7. The summed E-state index contributed by atoms with van der Waals surface area (Å²) in [6, 6.07) is 0.725. The summed E-state index contributed by atoms with van der Waals surface area (Å²) in [5, 5.41) is 12.4. The third-order valence-corrected chi connectivity index (χ3v) is 2.63. The smallest absolute Gasteiger partial charge is 0.225 e. The van der Waals surface area contributed by atoms with Crippen LogP contribution < -0.4 is 10.2 Å². The molecule has 0 bridgehead atoms. The van der Waals surface area contributed by atoms with Crippen LogP contribution in [0.2, 0.25) is 0 Å². The lowest BCUT2D eigenvalue weighted by atomic mass is 10.3. The van der Waals surface area contributed by atoms with Gasteiger partial charge >= 0.3 is 0 Å². The van der Waals surface area contributed by atoms with E-state index in [1.54, 1.807) is 0 Å². The highest BCUT2D eigenvalue weighted by Gasteiger charge is 2.12. The van der Waals surface area contributed by atoms with Crippen LogP contribution in [0.4, 0.5) is 5.95 Å². The standard InChI is InChI=1S/C13H24N4O/c1-10(2)14-7-12-8-15-13(16-9-12)17(5-6-18)11(3)4/h8-11,14,18H,5-7H2,1-4H3. The highest BCUT2D eigenvalue weighted by molar-refractivity contribution is 5.31. The van der Waals surface area contributed by atoms with Gasteiger partial charge in [-0.25, -0.2) is 9.97 Å². The molecule has 0 unspecified atom stereocenters. The van der Waals surface area contributed by atoms with Crippen molar-refractivity contribution in [2.75, 3.05) is 18.1 Å². The molecule has 0 aromatic carbocycles. The van der Waals surface area contributed by atoms with E-state index in [1.165, 1.54) is 0 Å². The lowest BCUT2D eigenvalue weighted by molar-refractivity contribution is 0.298. The van der Waals surface area contributed by atoms with Crippen LogP contribution in [0.25, 0.3) is 0 Å². The number of hydrogen-bond donors (Lipinski definition) is 2. The predicted molar refractivity (Wildman–Crippen MR) is 73.6 cm³/mol. The Kier molecular flexibility index (Phi) is 6.01. The molecule has 1 aromatic heterocycles. The Morgan fingerprint density at radius 1 is 1.22 bits per heavy atom. The van der Waals surface area contributed by atoms with Crippen LogP contribution in [0, 0.1) is 0 Å². The molecule has 5 heteroatoms. The molecule has 2 N–H and O–H groups in total. The number of aromatic nitrogens is 2. The number of nitrogens with one attached hydrogen (secondary N) is 1. The molecular formula is C13H24N4O. The molecule has 0 radical (unpaired) electrons. The normalized spacial score (nSPS) is 11.3. The van der Waals surface area contributed by atoms with Crippen molar-refractivity contribution in [1.29, 1.82) is 0 Å². The van der Waals surface area contributed by atoms with E-state index in [4.69, 9.17) is 5.11 Å². The van der Waals surface area contributed by atoms with Gasteiger partial charge in [0, 0.05) is 43.1 Å². The van der Waals surface area contributed by atoms with Gasteiger partial charge in [0.05, 0.1) is 6.61 Å². The van der Waals surface area contributed by atoms with E-state index in [1.807, 2.05) is 17.3 Å². The monoisotopic (exact) mass is 252 g/mol. The van der Waals surface area contributed by atoms with E-state index in [0.29, 0.717) is 18.5 Å². The molecule has 0 atom stereocenters. The number of hydrogen-bond acceptors (Lipinski definition) is 5. The van der Waals surface area contributed by atoms with Crippen molar-refractivity contribution in [3.8, 4) is 0 Å². The van der Waals surface area contributed by atoms with Crippen LogP contribution in [-0.4, -0.2) is 40.3 Å². The second-order valence-electron chi connectivity index (χ2n) is 4.94. The Morgan fingerprint density at radius 2 is 1.83 bits per heavy atom. The molecule has 18 heavy (non-hydrogen) atoms. The fourth-order valence-corrected chi connectivity index (χ4v) is 1.61. The topological polar surface area (TPSA) is 61.3 Å². The molecule has 1 heterocycles. The first-order chi connectivity index (χ1) is 8.54. The van der Waals surface area contributed by atoms with Crippen LogP contribution in [0.5, 0.6) is 0 Å². The molecule has 1 aromatic rings. The summed E-state index contributed by atoms with van der Waals surface area (Å²) < 4.78 is 0. The number of aliphatic hydroxyl groups is 1. The number of anilines is 1. The average molecular weight is 252 g/mol. The van der Waals surface area contributed by atoms with Gasteiger partial charge in [-0.3, -0.25) is 0 Å². The maximum atomic E-state index is 9.04. The van der Waals surface area contributed by atoms with Gasteiger partial charge in [-0.2, -0.15) is 0 Å². The lowest BCUT2D eigenvalue weighted by Gasteiger charge is -2.25. The Hall–Kier alpha value is -1.20. The fourth-order valence-electron chi connectivity index (χ4n) is 1.61. The Balaban J connectivity index is 2.68. The van der Waals surface area contributed by atoms with E-state index >= 15 is 0 Å². The summed E-state index contributed by atoms with van der Waals surface area (Å²) in [6.07, 6.45) is 3.68. The molecule has 5 nitrogen and oxygen atoms in total. The van der Waals surface area contributed by atoms with Gasteiger partial charge in [0.1, 0.15) is 0 Å². The zero-order valence-corrected chi connectivity index (χ0v) is 11.7. The molecule has 0 aliphatic heterocycles. The Labute approximate surface area is 109 Å². The highest BCUT2D eigenvalue weighted by atomic mass is 16.3. The molecule has 0 amide bonds. The average Bonchev–Trinajstić information content (AvgIpc) is 2.34. The minimum Gasteiger partial charge on any atom is -0.395 e. The molecule has 0 saturated heterocycles. The van der Waals surface area contributed by atoms with Gasteiger partial charge in [-0.15, -0.1) is 0 Å². The second kappa shape index (κ2) is 7.28. The zero-order chi connectivity index (χ0) is 13.5. The molecule has 102 valence electrons. The number of nitrogens with zero attached hydrogens (tertiary/aromatic N) is 3. The van der Waals surface area contributed by atoms with Gasteiger partial charge in [0.15, 0.2) is 0 Å². The fraction of sp³-hybridized carbons (Fsp3) is 0.692. The van der Waals surface area contributed by atoms with E-state index in [9.17, 15) is 0 Å². The second-order valence-corrected chi connectivity index (χ2v) is 4.94. The minimum absolute atomic E-state index is 0.109. The third kappa shape index (κ3) is 4.58. The van der Waals surface area contributed by atoms with E-state index in [-0.39, 0.29) is 12.6 Å². The summed E-state index contributed by atoms with van der Waals surface area (Å²) in [5.41, 5.74) is 1.07. The van der Waals surface area contributed by atoms with Gasteiger partial charge in [-0.05, 0) is 13.8 Å². The first-order valence-corrected chi connectivity index (χ1v) is 6.46. The summed E-state index contributed by atoms with van der Waals surface area (Å²) >= 11 is 0. The highest BCUT2D eigenvalue weighted by Crippen LogP contribution is 2.10. The van der Waals surface area contributed by atoms with Gasteiger partial charge < -0.3 is 15.3 Å². The maximum absolute atomic E-state index is 9.04. The Bertz CT molecular complexity index is 337. The third-order valence-electron chi connectivity index (χ3n) is 2.63. The van der Waals surface area contributed by atoms with Crippen molar-refractivity contribution in [1.82, 2.24) is 15.3 Å². The molecule has 1 rings (SSSR count). The van der Waals surface area contributed by atoms with Crippen molar-refractivity contribution in [3.63, 3.8) is 0 Å². The van der Waals surface area contributed by atoms with Crippen LogP contribution in [-0.2, 0) is 6.54 Å². The quantitative estimate of drug-likeness (QED) is 0.763. The minimum atomic E-state index is 0.109. The van der Waals surface area contributed by atoms with E-state index < -0.39 is 0 Å². The van der Waals surface area contributed by atoms with E-state index in [2.05, 4.69) is 43.0 Å². The first-order valence-electron chi connectivity index (χ1n) is 6.46. The molecule has 0 aliphatic rings. The maximum Gasteiger partial charge on any atom is 0.225 e. The van der Waals surface area contributed by atoms with Crippen molar-refractivity contribution in [2.45, 2.75) is 46.3 Å². The van der Waals surface area contributed by atoms with E-state index in [0.717, 1.165) is 12.1 Å². The Morgan fingerprint density at radius 3 is 2.28 bits per heavy atom. The van der Waals surface area contributed by atoms with Crippen LogP contribution in [0.3, 0.4) is 0 Å².